The molecule has 44 heavy (non-hydrogen) atoms. The molecule has 1 saturated heterocycles. The zero-order valence-corrected chi connectivity index (χ0v) is 25.2. The summed E-state index contributed by atoms with van der Waals surface area (Å²) in [7, 11) is 1.59. The number of carbonyl (C=O) groups excluding carboxylic acids is 1. The van der Waals surface area contributed by atoms with Crippen LogP contribution < -0.4 is 9.47 Å². The molecule has 0 aromatic heterocycles. The van der Waals surface area contributed by atoms with Crippen molar-refractivity contribution < 1.29 is 32.5 Å². The summed E-state index contributed by atoms with van der Waals surface area (Å²) in [6.07, 6.45) is 12.5. The van der Waals surface area contributed by atoms with E-state index < -0.39 is 0 Å². The highest BCUT2D eigenvalue weighted by Crippen LogP contribution is 2.31. The van der Waals surface area contributed by atoms with Crippen molar-refractivity contribution in [2.45, 2.75) is 38.4 Å². The minimum Gasteiger partial charge on any atom is -0.493 e. The Labute approximate surface area is 258 Å². The van der Waals surface area contributed by atoms with Crippen LogP contribution in [0.25, 0.3) is 6.08 Å². The van der Waals surface area contributed by atoms with Crippen molar-refractivity contribution in [3.63, 3.8) is 0 Å². The van der Waals surface area contributed by atoms with Crippen molar-refractivity contribution in [1.29, 1.82) is 0 Å². The van der Waals surface area contributed by atoms with E-state index in [1.807, 2.05) is 30.4 Å². The normalized spacial score (nSPS) is 14.7. The molecule has 0 bridgehead atoms. The number of piperidine rings is 1. The first-order valence-electron chi connectivity index (χ1n) is 14.8. The average Bonchev–Trinajstić information content (AvgIpc) is 3.04. The minimum atomic E-state index is -0.386. The maximum absolute atomic E-state index is 13.5. The van der Waals surface area contributed by atoms with Gasteiger partial charge in [-0.2, -0.15) is 0 Å². The zero-order valence-electron chi connectivity index (χ0n) is 25.2. The van der Waals surface area contributed by atoms with Gasteiger partial charge in [0, 0.05) is 25.7 Å². The van der Waals surface area contributed by atoms with Crippen LogP contribution in [0.3, 0.4) is 0 Å². The van der Waals surface area contributed by atoms with Gasteiger partial charge in [-0.3, -0.25) is 0 Å². The Morgan fingerprint density at radius 1 is 0.932 bits per heavy atom. The summed E-state index contributed by atoms with van der Waals surface area (Å²) < 4.78 is 49.8. The van der Waals surface area contributed by atoms with E-state index in [4.69, 9.17) is 18.9 Å². The fourth-order valence-electron chi connectivity index (χ4n) is 4.91. The lowest BCUT2D eigenvalue weighted by Gasteiger charge is -2.34. The smallest absolute Gasteiger partial charge is 0.330 e. The summed E-state index contributed by atoms with van der Waals surface area (Å²) in [5, 5.41) is 0. The molecule has 1 aliphatic rings. The minimum absolute atomic E-state index is 0.0455. The van der Waals surface area contributed by atoms with Crippen molar-refractivity contribution in [2.24, 2.45) is 0 Å². The lowest BCUT2D eigenvalue weighted by Crippen LogP contribution is -2.38. The van der Waals surface area contributed by atoms with Gasteiger partial charge in [-0.1, -0.05) is 48.6 Å². The molecular weight excluding hydrogens is 564 g/mol. The van der Waals surface area contributed by atoms with Gasteiger partial charge >= 0.3 is 5.97 Å². The molecule has 8 heteroatoms. The first-order chi connectivity index (χ1) is 21.4. The van der Waals surface area contributed by atoms with Gasteiger partial charge in [0.2, 0.25) is 0 Å². The van der Waals surface area contributed by atoms with Crippen LogP contribution in [0.5, 0.6) is 11.5 Å². The molecule has 1 aliphatic heterocycles. The maximum atomic E-state index is 13.5. The van der Waals surface area contributed by atoms with E-state index in [1.165, 1.54) is 30.3 Å². The van der Waals surface area contributed by atoms with Crippen molar-refractivity contribution >= 4 is 12.0 Å². The van der Waals surface area contributed by atoms with Crippen LogP contribution >= 0.6 is 0 Å². The summed E-state index contributed by atoms with van der Waals surface area (Å²) >= 11 is 0. The number of benzene rings is 3. The van der Waals surface area contributed by atoms with Gasteiger partial charge < -0.3 is 23.8 Å². The van der Waals surface area contributed by atoms with Gasteiger partial charge in [0.1, 0.15) is 17.7 Å². The van der Waals surface area contributed by atoms with Crippen molar-refractivity contribution in [3.8, 4) is 11.5 Å². The summed E-state index contributed by atoms with van der Waals surface area (Å²) in [4.78, 5) is 13.8. The van der Waals surface area contributed by atoms with Crippen molar-refractivity contribution in [1.82, 2.24) is 4.90 Å². The molecule has 0 spiro atoms. The van der Waals surface area contributed by atoms with Crippen LogP contribution in [0.4, 0.5) is 8.78 Å². The number of methoxy groups -OCH3 is 1. The number of ether oxygens (including phenoxy) is 4. The number of nitrogens with zero attached hydrogens (tertiary/aromatic N) is 1. The molecule has 4 rings (SSSR count). The third-order valence-electron chi connectivity index (χ3n) is 7.22. The lowest BCUT2D eigenvalue weighted by atomic mass is 10.00. The lowest BCUT2D eigenvalue weighted by molar-refractivity contribution is -0.137. The van der Waals surface area contributed by atoms with Gasteiger partial charge in [0.25, 0.3) is 0 Å². The molecule has 232 valence electrons. The first-order valence-corrected chi connectivity index (χ1v) is 14.8. The summed E-state index contributed by atoms with van der Waals surface area (Å²) in [5.41, 5.74) is 2.59. The summed E-state index contributed by atoms with van der Waals surface area (Å²) in [6, 6.07) is 18.2. The third-order valence-corrected chi connectivity index (χ3v) is 7.22. The monoisotopic (exact) mass is 603 g/mol. The van der Waals surface area contributed by atoms with Crippen molar-refractivity contribution in [2.75, 3.05) is 33.4 Å². The third kappa shape index (κ3) is 10.2. The molecule has 6 nitrogen and oxygen atoms in total. The number of allylic oxidation sites excluding steroid dienone is 2. The topological polar surface area (TPSA) is 57.2 Å². The molecule has 0 radical (unpaired) electrons. The molecule has 3 aromatic rings. The standard InChI is InChI=1S/C36H39F2NO5/c1-3-42-35(40)9-5-4-8-27-10-19-33(34(26-27)41-2)43-25-7-6-22-39-23-20-32(21-24-39)44-36(28-11-15-30(37)16-12-28)29-13-17-31(38)18-14-29/h4-5,7-19,25-26,32,36H,3,6,20-24H2,1-2H3/b8-4?,9-5?,25-7+. The van der Waals surface area contributed by atoms with Crippen LogP contribution in [0.2, 0.25) is 0 Å². The van der Waals surface area contributed by atoms with Gasteiger partial charge in [0.05, 0.1) is 26.1 Å². The number of halogens is 2. The van der Waals surface area contributed by atoms with E-state index in [0.717, 1.165) is 55.6 Å². The van der Waals surface area contributed by atoms with Gasteiger partial charge in [0.15, 0.2) is 11.5 Å². The van der Waals surface area contributed by atoms with E-state index in [2.05, 4.69) is 4.90 Å². The fraction of sp³-hybridized carbons (Fsp3) is 0.306. The molecule has 0 atom stereocenters. The second-order valence-electron chi connectivity index (χ2n) is 10.3. The predicted octanol–water partition coefficient (Wildman–Crippen LogP) is 7.66. The second kappa shape index (κ2) is 17.1. The summed E-state index contributed by atoms with van der Waals surface area (Å²) in [6.45, 7) is 4.80. The maximum Gasteiger partial charge on any atom is 0.330 e. The number of carbonyl (C=O) groups is 1. The van der Waals surface area contributed by atoms with E-state index in [1.54, 1.807) is 56.7 Å². The highest BCUT2D eigenvalue weighted by molar-refractivity contribution is 5.82. The Kier molecular flexibility index (Phi) is 12.7. The van der Waals surface area contributed by atoms with Gasteiger partial charge in [-0.25, -0.2) is 13.6 Å². The first kappa shape index (κ1) is 32.6. The quantitative estimate of drug-likeness (QED) is 0.0816. The molecule has 3 aromatic carbocycles. The van der Waals surface area contributed by atoms with E-state index in [9.17, 15) is 13.6 Å². The molecule has 1 heterocycles. The highest BCUT2D eigenvalue weighted by atomic mass is 19.1. The Morgan fingerprint density at radius 3 is 2.20 bits per heavy atom. The van der Waals surface area contributed by atoms with Crippen LogP contribution in [0.15, 0.2) is 97.3 Å². The average molecular weight is 604 g/mol. The zero-order chi connectivity index (χ0) is 31.1. The van der Waals surface area contributed by atoms with E-state index in [0.29, 0.717) is 18.1 Å². The Balaban J connectivity index is 1.22. The van der Waals surface area contributed by atoms with Crippen LogP contribution in [0.1, 0.15) is 49.0 Å². The fourth-order valence-corrected chi connectivity index (χ4v) is 4.91. The molecule has 0 aliphatic carbocycles. The van der Waals surface area contributed by atoms with Gasteiger partial charge in [-0.15, -0.1) is 0 Å². The SMILES string of the molecule is CCOC(=O)C=CC=Cc1ccc(O/C=C/CCN2CCC(OC(c3ccc(F)cc3)c3ccc(F)cc3)CC2)c(OC)c1. The number of hydrogen-bond donors (Lipinski definition) is 0. The molecule has 0 N–H and O–H groups in total. The summed E-state index contributed by atoms with van der Waals surface area (Å²) in [5.74, 6) is 0.231. The largest absolute Gasteiger partial charge is 0.493 e. The van der Waals surface area contributed by atoms with E-state index >= 15 is 0 Å². The Hall–Kier alpha value is -4.27. The molecule has 0 saturated carbocycles. The van der Waals surface area contributed by atoms with E-state index in [-0.39, 0.29) is 29.8 Å². The highest BCUT2D eigenvalue weighted by Gasteiger charge is 2.24. The van der Waals surface area contributed by atoms with Gasteiger partial charge in [-0.05, 0) is 85.4 Å². The molecular formula is C36H39F2NO5. The number of likely N-dealkylation sites (tertiary alicyclic amines) is 1. The predicted molar refractivity (Wildman–Crippen MR) is 167 cm³/mol. The number of esters is 1. The number of rotatable bonds is 14. The Bertz CT molecular complexity index is 1370. The molecule has 0 unspecified atom stereocenters. The van der Waals surface area contributed by atoms with Crippen molar-refractivity contribution in [3.05, 3.63) is 126 Å². The van der Waals surface area contributed by atoms with Crippen LogP contribution in [0, 0.1) is 11.6 Å². The molecule has 0 amide bonds. The number of hydrogen-bond acceptors (Lipinski definition) is 6. The second-order valence-corrected chi connectivity index (χ2v) is 10.3. The van der Waals surface area contributed by atoms with Crippen LogP contribution in [-0.4, -0.2) is 50.3 Å². The molecule has 1 fully saturated rings. The van der Waals surface area contributed by atoms with Crippen LogP contribution in [-0.2, 0) is 14.3 Å². The Morgan fingerprint density at radius 2 is 1.59 bits per heavy atom.